The molecule has 1 aliphatic carbocycles. The predicted octanol–water partition coefficient (Wildman–Crippen LogP) is 8.02. The molecule has 35 heavy (non-hydrogen) atoms. The second kappa shape index (κ2) is 8.87. The van der Waals surface area contributed by atoms with E-state index in [9.17, 15) is 17.6 Å². The number of nitrogens with zero attached hydrogens (tertiary/aromatic N) is 1. The van der Waals surface area contributed by atoms with E-state index >= 15 is 0 Å². The van der Waals surface area contributed by atoms with Gasteiger partial charge >= 0.3 is 6.36 Å². The molecule has 1 aromatic heterocycles. The first-order chi connectivity index (χ1) is 16.7. The molecule has 0 atom stereocenters. The Balaban J connectivity index is 1.76. The van der Waals surface area contributed by atoms with Crippen LogP contribution in [0.15, 0.2) is 60.7 Å². The maximum absolute atomic E-state index is 14.7. The van der Waals surface area contributed by atoms with Crippen molar-refractivity contribution in [2.75, 3.05) is 0 Å². The second-order valence-electron chi connectivity index (χ2n) is 9.08. The number of alkyl halides is 3. The van der Waals surface area contributed by atoms with Crippen molar-refractivity contribution in [3.63, 3.8) is 0 Å². The summed E-state index contributed by atoms with van der Waals surface area (Å²) in [5, 5.41) is 6.97. The lowest BCUT2D eigenvalue weighted by atomic mass is 9.86. The summed E-state index contributed by atoms with van der Waals surface area (Å²) in [4.78, 5) is 0. The van der Waals surface area contributed by atoms with E-state index in [4.69, 9.17) is 0 Å². The molecule has 1 heterocycles. The largest absolute Gasteiger partial charge is 0.573 e. The number of nitrogens with one attached hydrogen (secondary N) is 1. The van der Waals surface area contributed by atoms with Crippen molar-refractivity contribution >= 4 is 22.0 Å². The lowest BCUT2D eigenvalue weighted by Crippen LogP contribution is -2.17. The minimum Gasteiger partial charge on any atom is -0.406 e. The molecule has 0 spiro atoms. The van der Waals surface area contributed by atoms with E-state index in [1.807, 2.05) is 18.2 Å². The van der Waals surface area contributed by atoms with E-state index in [1.54, 1.807) is 18.2 Å². The molecule has 7 heteroatoms. The zero-order valence-corrected chi connectivity index (χ0v) is 19.3. The number of ether oxygens (including phenoxy) is 1. The summed E-state index contributed by atoms with van der Waals surface area (Å²) >= 11 is 0. The molecule has 3 aromatic carbocycles. The van der Waals surface area contributed by atoms with E-state index in [1.165, 1.54) is 17.7 Å². The van der Waals surface area contributed by atoms with Gasteiger partial charge in [-0.25, -0.2) is 0 Å². The first kappa shape index (κ1) is 23.1. The normalized spacial score (nSPS) is 14.4. The van der Waals surface area contributed by atoms with Gasteiger partial charge in [-0.1, -0.05) is 56.3 Å². The predicted molar refractivity (Wildman–Crippen MR) is 129 cm³/mol. The number of aromatic amines is 1. The third-order valence-electron chi connectivity index (χ3n) is 6.49. The molecule has 1 aliphatic rings. The van der Waals surface area contributed by atoms with Crippen molar-refractivity contribution in [2.45, 2.75) is 45.4 Å². The van der Waals surface area contributed by atoms with E-state index in [0.29, 0.717) is 41.6 Å². The summed E-state index contributed by atoms with van der Waals surface area (Å²) < 4.78 is 57.6. The van der Waals surface area contributed by atoms with Gasteiger partial charge in [0, 0.05) is 0 Å². The molecule has 0 saturated heterocycles. The molecule has 4 aromatic rings. The quantitative estimate of drug-likeness (QED) is 0.300. The van der Waals surface area contributed by atoms with E-state index in [-0.39, 0.29) is 5.75 Å². The van der Waals surface area contributed by atoms with Crippen LogP contribution in [0.3, 0.4) is 0 Å². The lowest BCUT2D eigenvalue weighted by molar-refractivity contribution is -0.274. The van der Waals surface area contributed by atoms with Crippen LogP contribution < -0.4 is 4.74 Å². The smallest absolute Gasteiger partial charge is 0.406 e. The molecule has 0 bridgehead atoms. The number of hydrogen-bond donors (Lipinski definition) is 1. The maximum atomic E-state index is 14.7. The summed E-state index contributed by atoms with van der Waals surface area (Å²) in [6.45, 7) is 4.23. The van der Waals surface area contributed by atoms with Crippen LogP contribution in [-0.2, 0) is 6.42 Å². The number of aromatic nitrogens is 2. The molecule has 5 rings (SSSR count). The summed E-state index contributed by atoms with van der Waals surface area (Å²) in [5.74, 6) is -0.386. The standard InChI is InChI=1S/C28H24F4N2O/c1-16(2)17-9-11-18(12-10-17)25-21(19-5-3-6-20(15-19)35-28(30,31)32)7-4-8-22-23(25)13-14-24-26(22)27(29)34-33-24/h3,5-6,9-16H,4,7-8H2,1-2H3,(H,33,34). The Labute approximate surface area is 200 Å². The number of fused-ring (bicyclic) bond motifs is 3. The highest BCUT2D eigenvalue weighted by molar-refractivity contribution is 6.02. The van der Waals surface area contributed by atoms with Crippen LogP contribution in [0.25, 0.3) is 22.0 Å². The number of H-pyrrole nitrogens is 1. The Bertz CT molecular complexity index is 1420. The van der Waals surface area contributed by atoms with Gasteiger partial charge in [-0.3, -0.25) is 5.10 Å². The van der Waals surface area contributed by atoms with Gasteiger partial charge in [0.2, 0.25) is 5.95 Å². The fourth-order valence-corrected chi connectivity index (χ4v) is 4.90. The molecule has 1 N–H and O–H groups in total. The highest BCUT2D eigenvalue weighted by Crippen LogP contribution is 2.43. The number of rotatable bonds is 4. The molecular formula is C28H24F4N2O. The van der Waals surface area contributed by atoms with E-state index in [0.717, 1.165) is 27.8 Å². The van der Waals surface area contributed by atoms with Gasteiger partial charge in [0.1, 0.15) is 5.75 Å². The average molecular weight is 481 g/mol. The van der Waals surface area contributed by atoms with Crippen LogP contribution in [-0.4, -0.2) is 16.6 Å². The molecule has 0 aliphatic heterocycles. The number of allylic oxidation sites excluding steroid dienone is 1. The SMILES string of the molecule is CC(C)c1ccc(C2=C(c3cccc(OC(F)(F)F)c3)CCCc3c2ccc2n[nH]c(F)c32)cc1. The Hall–Kier alpha value is -3.61. The molecule has 0 amide bonds. The Morgan fingerprint density at radius 1 is 0.943 bits per heavy atom. The Morgan fingerprint density at radius 2 is 1.71 bits per heavy atom. The number of aryl methyl sites for hydroxylation is 1. The number of benzene rings is 3. The van der Waals surface area contributed by atoms with E-state index < -0.39 is 12.3 Å². The van der Waals surface area contributed by atoms with Crippen LogP contribution in [0.2, 0.25) is 0 Å². The summed E-state index contributed by atoms with van der Waals surface area (Å²) in [5.41, 5.74) is 6.82. The monoisotopic (exact) mass is 480 g/mol. The van der Waals surface area contributed by atoms with Crippen molar-refractivity contribution in [2.24, 2.45) is 0 Å². The van der Waals surface area contributed by atoms with Gasteiger partial charge in [0.05, 0.1) is 10.9 Å². The summed E-state index contributed by atoms with van der Waals surface area (Å²) in [6.07, 6.45) is -2.82. The minimum absolute atomic E-state index is 0.266. The van der Waals surface area contributed by atoms with Crippen molar-refractivity contribution in [1.29, 1.82) is 0 Å². The van der Waals surface area contributed by atoms with Crippen LogP contribution in [0.5, 0.6) is 5.75 Å². The highest BCUT2D eigenvalue weighted by atomic mass is 19.4. The maximum Gasteiger partial charge on any atom is 0.573 e. The number of hydrogen-bond acceptors (Lipinski definition) is 2. The summed E-state index contributed by atoms with van der Waals surface area (Å²) in [7, 11) is 0. The second-order valence-corrected chi connectivity index (χ2v) is 9.08. The van der Waals surface area contributed by atoms with Gasteiger partial charge in [0.15, 0.2) is 0 Å². The first-order valence-corrected chi connectivity index (χ1v) is 11.6. The van der Waals surface area contributed by atoms with Gasteiger partial charge in [0.25, 0.3) is 0 Å². The van der Waals surface area contributed by atoms with Crippen molar-refractivity contribution < 1.29 is 22.3 Å². The van der Waals surface area contributed by atoms with Crippen LogP contribution in [0, 0.1) is 5.95 Å². The topological polar surface area (TPSA) is 37.9 Å². The van der Waals surface area contributed by atoms with Crippen molar-refractivity contribution in [3.05, 3.63) is 94.4 Å². The van der Waals surface area contributed by atoms with E-state index in [2.05, 4.69) is 40.9 Å². The van der Waals surface area contributed by atoms with Crippen molar-refractivity contribution in [3.8, 4) is 5.75 Å². The fraction of sp³-hybridized carbons (Fsp3) is 0.250. The number of halogens is 4. The van der Waals surface area contributed by atoms with Gasteiger partial charge in [-0.2, -0.15) is 9.49 Å². The third-order valence-corrected chi connectivity index (χ3v) is 6.49. The molecular weight excluding hydrogens is 456 g/mol. The third kappa shape index (κ3) is 4.55. The molecule has 0 radical (unpaired) electrons. The van der Waals surface area contributed by atoms with Crippen LogP contribution in [0.4, 0.5) is 17.6 Å². The van der Waals surface area contributed by atoms with Gasteiger partial charge in [-0.05, 0) is 82.3 Å². The highest BCUT2D eigenvalue weighted by Gasteiger charge is 2.31. The van der Waals surface area contributed by atoms with Gasteiger partial charge < -0.3 is 4.74 Å². The van der Waals surface area contributed by atoms with Gasteiger partial charge in [-0.15, -0.1) is 13.2 Å². The Kier molecular flexibility index (Phi) is 5.87. The molecule has 0 unspecified atom stereocenters. The van der Waals surface area contributed by atoms with Crippen molar-refractivity contribution in [1.82, 2.24) is 10.2 Å². The molecule has 0 fully saturated rings. The zero-order valence-electron chi connectivity index (χ0n) is 19.3. The van der Waals surface area contributed by atoms with Crippen LogP contribution in [0.1, 0.15) is 60.4 Å². The summed E-state index contributed by atoms with van der Waals surface area (Å²) in [6, 6.07) is 18.0. The zero-order chi connectivity index (χ0) is 24.7. The Morgan fingerprint density at radius 3 is 2.43 bits per heavy atom. The lowest BCUT2D eigenvalue weighted by Gasteiger charge is -2.18. The van der Waals surface area contributed by atoms with Crippen LogP contribution >= 0.6 is 0 Å². The molecule has 180 valence electrons. The minimum atomic E-state index is -4.77. The molecule has 0 saturated carbocycles. The molecule has 3 nitrogen and oxygen atoms in total. The first-order valence-electron chi connectivity index (χ1n) is 11.6. The fourth-order valence-electron chi connectivity index (χ4n) is 4.90. The average Bonchev–Trinajstić information content (AvgIpc) is 3.08.